The summed E-state index contributed by atoms with van der Waals surface area (Å²) >= 11 is 3.86. The van der Waals surface area contributed by atoms with Crippen molar-refractivity contribution in [1.82, 2.24) is 0 Å². The Morgan fingerprint density at radius 2 is 0.817 bits per heavy atom. The molecule has 0 saturated heterocycles. The fourth-order valence-corrected chi connectivity index (χ4v) is 18.9. The average molecular weight is 816 g/mol. The number of hydrogen-bond acceptors (Lipinski definition) is 3. The number of fused-ring (bicyclic) bond motifs is 10. The van der Waals surface area contributed by atoms with Crippen LogP contribution in [0, 0.1) is 0 Å². The van der Waals surface area contributed by atoms with Gasteiger partial charge in [0.2, 0.25) is 0 Å². The number of rotatable bonds is 5. The number of benzene rings is 10. The SMILES string of the molecule is c1ccc(-c2ccc(N(c3cccc4ccccc34)c3ccc(-c4ccc5c(c4)[Si]4(c6ccccc6Sc6ccccc64)c4ccccc4S5)c4ccccc34)cc2)cc1. The smallest absolute Gasteiger partial charge is 0.184 e. The first kappa shape index (κ1) is 35.4. The van der Waals surface area contributed by atoms with Crippen molar-refractivity contribution in [1.29, 1.82) is 0 Å². The van der Waals surface area contributed by atoms with Crippen LogP contribution in [0.25, 0.3) is 43.8 Å². The molecule has 60 heavy (non-hydrogen) atoms. The monoisotopic (exact) mass is 815 g/mol. The van der Waals surface area contributed by atoms with E-state index in [2.05, 4.69) is 229 Å². The van der Waals surface area contributed by atoms with E-state index in [0.29, 0.717) is 0 Å². The summed E-state index contributed by atoms with van der Waals surface area (Å²) in [6.45, 7) is 0. The van der Waals surface area contributed by atoms with Crippen molar-refractivity contribution >= 4 is 91.0 Å². The summed E-state index contributed by atoms with van der Waals surface area (Å²) in [5.74, 6) is 0. The van der Waals surface area contributed by atoms with E-state index in [-0.39, 0.29) is 0 Å². The van der Waals surface area contributed by atoms with Crippen LogP contribution < -0.4 is 25.6 Å². The summed E-state index contributed by atoms with van der Waals surface area (Å²) in [6.07, 6.45) is 0. The van der Waals surface area contributed by atoms with Crippen molar-refractivity contribution in [3.05, 3.63) is 224 Å². The molecule has 0 N–H and O–H groups in total. The lowest BCUT2D eigenvalue weighted by Crippen LogP contribution is -2.78. The van der Waals surface area contributed by atoms with Crippen molar-refractivity contribution in [2.75, 3.05) is 4.90 Å². The zero-order valence-electron chi connectivity index (χ0n) is 32.6. The predicted octanol–water partition coefficient (Wildman–Crippen LogP) is 13.1. The molecule has 0 bridgehead atoms. The molecular formula is C56H37NS2Si. The summed E-state index contributed by atoms with van der Waals surface area (Å²) in [5, 5.41) is 10.8. The highest BCUT2D eigenvalue weighted by molar-refractivity contribution is 8.01. The van der Waals surface area contributed by atoms with Gasteiger partial charge >= 0.3 is 0 Å². The van der Waals surface area contributed by atoms with Gasteiger partial charge in [0.15, 0.2) is 8.07 Å². The summed E-state index contributed by atoms with van der Waals surface area (Å²) in [4.78, 5) is 7.95. The maximum Gasteiger partial charge on any atom is 0.184 e. The van der Waals surface area contributed by atoms with Crippen LogP contribution >= 0.6 is 23.5 Å². The Morgan fingerprint density at radius 3 is 1.50 bits per heavy atom. The van der Waals surface area contributed by atoms with Crippen LogP contribution in [-0.2, 0) is 0 Å². The maximum atomic E-state index is 2.57. The third-order valence-electron chi connectivity index (χ3n) is 12.4. The maximum absolute atomic E-state index is 2.71. The molecule has 282 valence electrons. The van der Waals surface area contributed by atoms with Gasteiger partial charge < -0.3 is 4.90 Å². The van der Waals surface area contributed by atoms with Crippen LogP contribution in [0.15, 0.2) is 244 Å². The van der Waals surface area contributed by atoms with Crippen LogP contribution in [0.3, 0.4) is 0 Å². The van der Waals surface area contributed by atoms with Gasteiger partial charge in [0, 0.05) is 36.0 Å². The van der Waals surface area contributed by atoms with Gasteiger partial charge in [-0.05, 0) is 102 Å². The Hall–Kier alpha value is -6.56. The highest BCUT2D eigenvalue weighted by Crippen LogP contribution is 2.46. The van der Waals surface area contributed by atoms with E-state index in [0.717, 1.165) is 17.1 Å². The lowest BCUT2D eigenvalue weighted by Gasteiger charge is -2.43. The van der Waals surface area contributed by atoms with Gasteiger partial charge in [0.1, 0.15) is 0 Å². The van der Waals surface area contributed by atoms with Crippen molar-refractivity contribution in [3.63, 3.8) is 0 Å². The molecule has 0 unspecified atom stereocenters. The molecule has 0 atom stereocenters. The van der Waals surface area contributed by atoms with E-state index in [1.807, 2.05) is 23.5 Å². The Kier molecular flexibility index (Phi) is 8.44. The van der Waals surface area contributed by atoms with E-state index in [1.54, 1.807) is 0 Å². The zero-order valence-corrected chi connectivity index (χ0v) is 35.3. The fraction of sp³-hybridized carbons (Fsp3) is 0. The molecule has 0 aliphatic carbocycles. The van der Waals surface area contributed by atoms with Crippen LogP contribution in [0.5, 0.6) is 0 Å². The minimum atomic E-state index is -2.71. The molecule has 4 heteroatoms. The molecule has 1 spiro atoms. The van der Waals surface area contributed by atoms with Crippen LogP contribution in [0.1, 0.15) is 0 Å². The van der Waals surface area contributed by atoms with Gasteiger partial charge in [-0.3, -0.25) is 0 Å². The molecule has 10 aromatic rings. The molecule has 0 fully saturated rings. The number of hydrogen-bond donors (Lipinski definition) is 0. The summed E-state index contributed by atoms with van der Waals surface area (Å²) < 4.78 is 0. The minimum absolute atomic E-state index is 1.12. The summed E-state index contributed by atoms with van der Waals surface area (Å²) in [5.41, 5.74) is 8.34. The van der Waals surface area contributed by atoms with Gasteiger partial charge in [-0.15, -0.1) is 0 Å². The van der Waals surface area contributed by atoms with Crippen molar-refractivity contribution in [2.24, 2.45) is 0 Å². The Balaban J connectivity index is 1.07. The highest BCUT2D eigenvalue weighted by Gasteiger charge is 2.51. The van der Waals surface area contributed by atoms with Crippen LogP contribution in [0.4, 0.5) is 17.1 Å². The molecule has 0 amide bonds. The van der Waals surface area contributed by atoms with Gasteiger partial charge in [0.25, 0.3) is 0 Å². The van der Waals surface area contributed by atoms with Crippen LogP contribution in [0.2, 0.25) is 0 Å². The molecule has 10 aromatic carbocycles. The molecule has 0 aromatic heterocycles. The highest BCUT2D eigenvalue weighted by atomic mass is 32.2. The molecule has 2 aliphatic rings. The standard InChI is InChI=1S/C56H37NS2Si/c1-2-15-38(16-3-1)39-29-32-42(33-30-39)57(47-22-14-18-40-17-4-5-19-44(40)47)48-35-34-43(45-20-6-7-21-46(45)48)41-31-36-52-56(37-41)60(55-28-13-10-25-51(55)59-52)53-26-11-8-23-49(53)58-50-24-9-12-27-54(50)60/h1-37H. The lowest BCUT2D eigenvalue weighted by atomic mass is 9.96. The number of anilines is 3. The van der Waals surface area contributed by atoms with Crippen molar-refractivity contribution in [3.8, 4) is 22.3 Å². The summed E-state index contributed by atoms with van der Waals surface area (Å²) in [7, 11) is -2.71. The second-order valence-corrected chi connectivity index (χ2v) is 21.4. The van der Waals surface area contributed by atoms with E-state index >= 15 is 0 Å². The first-order valence-corrected chi connectivity index (χ1v) is 24.1. The largest absolute Gasteiger partial charge is 0.309 e. The molecule has 1 nitrogen and oxygen atoms in total. The molecule has 2 heterocycles. The van der Waals surface area contributed by atoms with E-state index < -0.39 is 8.07 Å². The Labute approximate surface area is 360 Å². The molecule has 2 aliphatic heterocycles. The fourth-order valence-electron chi connectivity index (χ4n) is 9.76. The lowest BCUT2D eigenvalue weighted by molar-refractivity contribution is 1.31. The quantitative estimate of drug-likeness (QED) is 0.159. The van der Waals surface area contributed by atoms with Gasteiger partial charge in [-0.25, -0.2) is 0 Å². The molecule has 0 saturated carbocycles. The third-order valence-corrected chi connectivity index (χ3v) is 20.4. The number of nitrogens with zero attached hydrogens (tertiary/aromatic N) is 1. The molecular weight excluding hydrogens is 779 g/mol. The first-order chi connectivity index (χ1) is 29.8. The normalized spacial score (nSPS) is 13.3. The molecule has 0 radical (unpaired) electrons. The van der Waals surface area contributed by atoms with E-state index in [1.165, 1.54) is 84.1 Å². The molecule has 12 rings (SSSR count). The average Bonchev–Trinajstić information content (AvgIpc) is 3.32. The van der Waals surface area contributed by atoms with Crippen molar-refractivity contribution < 1.29 is 0 Å². The Morgan fingerprint density at radius 1 is 0.317 bits per heavy atom. The minimum Gasteiger partial charge on any atom is -0.309 e. The van der Waals surface area contributed by atoms with Gasteiger partial charge in [-0.1, -0.05) is 199 Å². The third kappa shape index (κ3) is 5.49. The topological polar surface area (TPSA) is 3.24 Å². The van der Waals surface area contributed by atoms with E-state index in [4.69, 9.17) is 0 Å². The Bertz CT molecular complexity index is 3180. The predicted molar refractivity (Wildman–Crippen MR) is 259 cm³/mol. The zero-order chi connectivity index (χ0) is 39.6. The summed E-state index contributed by atoms with van der Waals surface area (Å²) in [6, 6.07) is 83.8. The van der Waals surface area contributed by atoms with Crippen molar-refractivity contribution in [2.45, 2.75) is 19.6 Å². The first-order valence-electron chi connectivity index (χ1n) is 20.5. The van der Waals surface area contributed by atoms with Crippen LogP contribution in [-0.4, -0.2) is 8.07 Å². The second-order valence-electron chi connectivity index (χ2n) is 15.6. The van der Waals surface area contributed by atoms with Gasteiger partial charge in [-0.2, -0.15) is 0 Å². The van der Waals surface area contributed by atoms with E-state index in [9.17, 15) is 0 Å². The second kappa shape index (κ2) is 14.3. The van der Waals surface area contributed by atoms with Gasteiger partial charge in [0.05, 0.1) is 11.4 Å².